The topological polar surface area (TPSA) is 110 Å². The molecule has 0 spiro atoms. The van der Waals surface area contributed by atoms with E-state index < -0.39 is 10.0 Å². The van der Waals surface area contributed by atoms with Crippen molar-refractivity contribution in [3.8, 4) is 23.0 Å². The van der Waals surface area contributed by atoms with Crippen LogP contribution in [0.3, 0.4) is 0 Å². The zero-order valence-electron chi connectivity index (χ0n) is 18.4. The van der Waals surface area contributed by atoms with E-state index in [4.69, 9.17) is 24.1 Å². The van der Waals surface area contributed by atoms with Gasteiger partial charge in [-0.15, -0.1) is 0 Å². The van der Waals surface area contributed by atoms with Crippen LogP contribution in [0, 0.1) is 0 Å². The van der Waals surface area contributed by atoms with Gasteiger partial charge in [-0.05, 0) is 40.5 Å². The maximum Gasteiger partial charge on any atom is 0.255 e. The molecule has 0 saturated carbocycles. The van der Waals surface area contributed by atoms with Gasteiger partial charge in [0.05, 0.1) is 28.4 Å². The lowest BCUT2D eigenvalue weighted by Crippen LogP contribution is -2.18. The van der Waals surface area contributed by atoms with E-state index in [1.807, 2.05) is 18.2 Å². The van der Waals surface area contributed by atoms with Crippen LogP contribution in [0.5, 0.6) is 23.0 Å². The van der Waals surface area contributed by atoms with Crippen molar-refractivity contribution in [1.29, 1.82) is 0 Å². The van der Waals surface area contributed by atoms with Crippen molar-refractivity contribution >= 4 is 10.0 Å². The molecule has 9 heteroatoms. The Balaban J connectivity index is 2.12. The zero-order valence-corrected chi connectivity index (χ0v) is 19.2. The van der Waals surface area contributed by atoms with Crippen LogP contribution >= 0.6 is 0 Å². The molecule has 0 amide bonds. The van der Waals surface area contributed by atoms with Gasteiger partial charge in [0, 0.05) is 31.2 Å². The molecule has 8 nitrogen and oxygen atoms in total. The molecular formula is C23H26N2O6S. The fraction of sp³-hybridized carbons (Fsp3) is 0.261. The second kappa shape index (κ2) is 9.88. The van der Waals surface area contributed by atoms with E-state index in [1.165, 1.54) is 6.20 Å². The number of rotatable bonds is 9. The molecule has 0 atom stereocenters. The Morgan fingerprint density at radius 3 is 1.75 bits per heavy atom. The molecule has 2 aromatic carbocycles. The van der Waals surface area contributed by atoms with Gasteiger partial charge in [-0.2, -0.15) is 0 Å². The van der Waals surface area contributed by atoms with Crippen LogP contribution in [0.25, 0.3) is 0 Å². The zero-order chi connectivity index (χ0) is 23.3. The average molecular weight is 459 g/mol. The van der Waals surface area contributed by atoms with Crippen molar-refractivity contribution < 1.29 is 27.4 Å². The van der Waals surface area contributed by atoms with Gasteiger partial charge in [-0.1, -0.05) is 12.1 Å². The lowest BCUT2D eigenvalue weighted by molar-refractivity contribution is 0.391. The van der Waals surface area contributed by atoms with Gasteiger partial charge in [0.15, 0.2) is 5.03 Å². The van der Waals surface area contributed by atoms with Crippen molar-refractivity contribution in [2.24, 2.45) is 5.14 Å². The largest absolute Gasteiger partial charge is 0.497 e. The summed E-state index contributed by atoms with van der Waals surface area (Å²) < 4.78 is 46.2. The summed E-state index contributed by atoms with van der Waals surface area (Å²) >= 11 is 0. The van der Waals surface area contributed by atoms with Crippen LogP contribution in [0.2, 0.25) is 0 Å². The molecule has 0 fully saturated rings. The summed E-state index contributed by atoms with van der Waals surface area (Å²) in [5.74, 6) is 2.49. The van der Waals surface area contributed by atoms with Crippen LogP contribution in [0.1, 0.15) is 22.3 Å². The number of benzene rings is 2. The first kappa shape index (κ1) is 23.4. The minimum atomic E-state index is -4.05. The van der Waals surface area contributed by atoms with E-state index in [0.29, 0.717) is 35.0 Å². The Bertz CT molecular complexity index is 1210. The molecule has 1 aromatic heterocycles. The third kappa shape index (κ3) is 5.12. The molecule has 32 heavy (non-hydrogen) atoms. The Morgan fingerprint density at radius 1 is 0.750 bits per heavy atom. The van der Waals surface area contributed by atoms with Crippen molar-refractivity contribution in [2.75, 3.05) is 28.4 Å². The highest BCUT2D eigenvalue weighted by molar-refractivity contribution is 7.89. The highest BCUT2D eigenvalue weighted by atomic mass is 32.2. The summed E-state index contributed by atoms with van der Waals surface area (Å²) in [5, 5.41) is 5.33. The predicted molar refractivity (Wildman–Crippen MR) is 120 cm³/mol. The first-order chi connectivity index (χ1) is 15.3. The van der Waals surface area contributed by atoms with Gasteiger partial charge < -0.3 is 18.9 Å². The predicted octanol–water partition coefficient (Wildman–Crippen LogP) is 2.95. The van der Waals surface area contributed by atoms with Crippen molar-refractivity contribution in [3.05, 3.63) is 70.9 Å². The van der Waals surface area contributed by atoms with Gasteiger partial charge in [0.2, 0.25) is 0 Å². The van der Waals surface area contributed by atoms with Gasteiger partial charge in [-0.25, -0.2) is 18.5 Å². The molecule has 0 bridgehead atoms. The van der Waals surface area contributed by atoms with E-state index in [2.05, 4.69) is 4.98 Å². The molecule has 2 N–H and O–H groups in total. The Hall–Kier alpha value is -3.30. The van der Waals surface area contributed by atoms with Gasteiger partial charge in [-0.3, -0.25) is 0 Å². The number of ether oxygens (including phenoxy) is 4. The molecule has 3 aromatic rings. The van der Waals surface area contributed by atoms with E-state index in [1.54, 1.807) is 52.7 Å². The first-order valence-corrected chi connectivity index (χ1v) is 11.3. The average Bonchev–Trinajstić information content (AvgIpc) is 2.79. The standard InChI is InChI=1S/C23H26N2O6S/c1-28-18-7-5-16(21(13-18)30-3)11-15-9-10-25-23(32(24,26)27)20(15)12-17-6-8-19(29-2)14-22(17)31-4/h5-10,13-14H,11-12H2,1-4H3,(H2,24,26,27). The van der Waals surface area contributed by atoms with Gasteiger partial charge in [0.25, 0.3) is 10.0 Å². The minimum Gasteiger partial charge on any atom is -0.497 e. The summed E-state index contributed by atoms with van der Waals surface area (Å²) in [7, 11) is 2.21. The number of primary sulfonamides is 1. The Morgan fingerprint density at radius 2 is 1.28 bits per heavy atom. The molecule has 0 aliphatic heterocycles. The Labute approximate surface area is 188 Å². The minimum absolute atomic E-state index is 0.166. The van der Waals surface area contributed by atoms with E-state index in [0.717, 1.165) is 16.7 Å². The van der Waals surface area contributed by atoms with Crippen LogP contribution < -0.4 is 24.1 Å². The number of nitrogens with zero attached hydrogens (tertiary/aromatic N) is 1. The smallest absolute Gasteiger partial charge is 0.255 e. The summed E-state index contributed by atoms with van der Waals surface area (Å²) in [5.41, 5.74) is 2.89. The SMILES string of the molecule is COc1ccc(Cc2ccnc(S(N)(=O)=O)c2Cc2ccc(OC)cc2OC)c(OC)c1. The summed E-state index contributed by atoms with van der Waals surface area (Å²) in [6.45, 7) is 0. The molecule has 3 rings (SSSR count). The quantitative estimate of drug-likeness (QED) is 0.525. The van der Waals surface area contributed by atoms with Crippen LogP contribution in [0.15, 0.2) is 53.7 Å². The number of hydrogen-bond donors (Lipinski definition) is 1. The fourth-order valence-corrected chi connectivity index (χ4v) is 4.26. The lowest BCUT2D eigenvalue weighted by atomic mass is 9.96. The van der Waals surface area contributed by atoms with Gasteiger partial charge >= 0.3 is 0 Å². The first-order valence-electron chi connectivity index (χ1n) is 9.72. The number of hydrogen-bond acceptors (Lipinski definition) is 7. The molecule has 0 aliphatic rings. The highest BCUT2D eigenvalue weighted by Gasteiger charge is 2.21. The molecular weight excluding hydrogens is 432 g/mol. The van der Waals surface area contributed by atoms with E-state index in [-0.39, 0.29) is 11.4 Å². The Kier molecular flexibility index (Phi) is 7.22. The second-order valence-corrected chi connectivity index (χ2v) is 8.48. The maximum atomic E-state index is 12.3. The maximum absolute atomic E-state index is 12.3. The van der Waals surface area contributed by atoms with Gasteiger partial charge in [0.1, 0.15) is 23.0 Å². The van der Waals surface area contributed by atoms with Crippen LogP contribution in [-0.2, 0) is 22.9 Å². The fourth-order valence-electron chi connectivity index (χ4n) is 3.50. The van der Waals surface area contributed by atoms with Crippen molar-refractivity contribution in [2.45, 2.75) is 17.9 Å². The summed E-state index contributed by atoms with van der Waals surface area (Å²) in [6.07, 6.45) is 2.10. The highest BCUT2D eigenvalue weighted by Crippen LogP contribution is 2.32. The lowest BCUT2D eigenvalue weighted by Gasteiger charge is -2.17. The number of methoxy groups -OCH3 is 4. The molecule has 0 saturated heterocycles. The number of aromatic nitrogens is 1. The third-order valence-electron chi connectivity index (χ3n) is 5.12. The molecule has 0 unspecified atom stereocenters. The second-order valence-electron chi connectivity index (χ2n) is 7.01. The summed E-state index contributed by atoms with van der Waals surface area (Å²) in [4.78, 5) is 4.08. The van der Waals surface area contributed by atoms with Crippen LogP contribution in [-0.4, -0.2) is 41.8 Å². The van der Waals surface area contributed by atoms with E-state index in [9.17, 15) is 8.42 Å². The molecule has 170 valence electrons. The van der Waals surface area contributed by atoms with Crippen LogP contribution in [0.4, 0.5) is 0 Å². The molecule has 0 radical (unpaired) electrons. The van der Waals surface area contributed by atoms with Crippen molar-refractivity contribution in [3.63, 3.8) is 0 Å². The number of sulfonamides is 1. The van der Waals surface area contributed by atoms with Crippen molar-refractivity contribution in [1.82, 2.24) is 4.98 Å². The summed E-state index contributed by atoms with van der Waals surface area (Å²) in [6, 6.07) is 12.6. The van der Waals surface area contributed by atoms with E-state index >= 15 is 0 Å². The normalized spacial score (nSPS) is 11.2. The third-order valence-corrected chi connectivity index (χ3v) is 6.01. The number of pyridine rings is 1. The molecule has 1 heterocycles. The number of nitrogens with two attached hydrogens (primary N) is 1. The molecule has 0 aliphatic carbocycles. The monoisotopic (exact) mass is 458 g/mol.